The average molecular weight is 352 g/mol. The lowest BCUT2D eigenvalue weighted by molar-refractivity contribution is -0.145. The monoisotopic (exact) mass is 352 g/mol. The summed E-state index contributed by atoms with van der Waals surface area (Å²) in [5.41, 5.74) is 0.385. The van der Waals surface area contributed by atoms with Gasteiger partial charge < -0.3 is 15.5 Å². The smallest absolute Gasteiger partial charge is 0.326 e. The second-order valence-electron chi connectivity index (χ2n) is 4.86. The number of benzene rings is 1. The molecule has 0 spiro atoms. The Kier molecular flexibility index (Phi) is 5.59. The molecule has 0 aliphatic carbocycles. The van der Waals surface area contributed by atoms with Crippen LogP contribution in [0.5, 0.6) is 0 Å². The van der Waals surface area contributed by atoms with Crippen LogP contribution >= 0.6 is 11.3 Å². The van der Waals surface area contributed by atoms with Crippen LogP contribution in [0.1, 0.15) is 27.5 Å². The van der Waals surface area contributed by atoms with E-state index < -0.39 is 30.3 Å². The van der Waals surface area contributed by atoms with Crippen LogP contribution in [0.3, 0.4) is 0 Å². The lowest BCUT2D eigenvalue weighted by Crippen LogP contribution is -2.42. The molecule has 24 heavy (non-hydrogen) atoms. The summed E-state index contributed by atoms with van der Waals surface area (Å²) in [6.07, 6.45) is -0.546. The number of nitrogens with one attached hydrogen (secondary N) is 1. The number of amides is 1. The topological polar surface area (TPSA) is 117 Å². The zero-order valence-electron chi connectivity index (χ0n) is 12.2. The molecule has 1 aromatic carbocycles. The first kappa shape index (κ1) is 17.5. The van der Waals surface area contributed by atoms with Crippen LogP contribution in [-0.2, 0) is 16.0 Å². The SMILES string of the molecule is O=C(O)C[C@H](NC(=O)c1csc(Cc2ccccc2F)n1)C(=O)O. The summed E-state index contributed by atoms with van der Waals surface area (Å²) in [7, 11) is 0. The van der Waals surface area contributed by atoms with Crippen LogP contribution in [-0.4, -0.2) is 39.1 Å². The third kappa shape index (κ3) is 4.59. The van der Waals surface area contributed by atoms with E-state index in [-0.39, 0.29) is 17.9 Å². The summed E-state index contributed by atoms with van der Waals surface area (Å²) in [4.78, 5) is 37.6. The van der Waals surface area contributed by atoms with Gasteiger partial charge in [-0.3, -0.25) is 9.59 Å². The fraction of sp³-hybridized carbons (Fsp3) is 0.200. The molecule has 0 radical (unpaired) electrons. The van der Waals surface area contributed by atoms with Crippen molar-refractivity contribution in [1.29, 1.82) is 0 Å². The second-order valence-corrected chi connectivity index (χ2v) is 5.80. The Morgan fingerprint density at radius 2 is 1.96 bits per heavy atom. The van der Waals surface area contributed by atoms with Crippen molar-refractivity contribution in [3.05, 3.63) is 51.7 Å². The van der Waals surface area contributed by atoms with Crippen molar-refractivity contribution in [1.82, 2.24) is 10.3 Å². The molecule has 0 fully saturated rings. The van der Waals surface area contributed by atoms with Crippen molar-refractivity contribution < 1.29 is 29.0 Å². The van der Waals surface area contributed by atoms with Crippen LogP contribution in [0.15, 0.2) is 29.6 Å². The molecule has 0 unspecified atom stereocenters. The molecular formula is C15H13FN2O5S. The highest BCUT2D eigenvalue weighted by Gasteiger charge is 2.24. The molecule has 7 nitrogen and oxygen atoms in total. The molecule has 0 saturated heterocycles. The number of rotatable bonds is 7. The first-order valence-corrected chi connectivity index (χ1v) is 7.68. The van der Waals surface area contributed by atoms with Gasteiger partial charge in [0.25, 0.3) is 5.91 Å². The van der Waals surface area contributed by atoms with Crippen molar-refractivity contribution >= 4 is 29.2 Å². The zero-order chi connectivity index (χ0) is 17.7. The van der Waals surface area contributed by atoms with Gasteiger partial charge in [0.15, 0.2) is 0 Å². The lowest BCUT2D eigenvalue weighted by Gasteiger charge is -2.10. The Balaban J connectivity index is 2.06. The number of aromatic nitrogens is 1. The predicted octanol–water partition coefficient (Wildman–Crippen LogP) is 1.53. The Bertz CT molecular complexity index is 777. The van der Waals surface area contributed by atoms with Crippen LogP contribution in [0.25, 0.3) is 0 Å². The van der Waals surface area contributed by atoms with Gasteiger partial charge in [-0.05, 0) is 11.6 Å². The van der Waals surface area contributed by atoms with E-state index in [1.807, 2.05) is 0 Å². The number of aliphatic carboxylic acids is 2. The first-order chi connectivity index (χ1) is 11.4. The number of nitrogens with zero attached hydrogens (tertiary/aromatic N) is 1. The van der Waals surface area contributed by atoms with Gasteiger partial charge >= 0.3 is 11.9 Å². The van der Waals surface area contributed by atoms with E-state index in [9.17, 15) is 18.8 Å². The van der Waals surface area contributed by atoms with Gasteiger partial charge in [-0.15, -0.1) is 11.3 Å². The van der Waals surface area contributed by atoms with Crippen molar-refractivity contribution in [3.63, 3.8) is 0 Å². The quantitative estimate of drug-likeness (QED) is 0.696. The minimum atomic E-state index is -1.55. The van der Waals surface area contributed by atoms with E-state index in [0.29, 0.717) is 10.6 Å². The molecule has 0 saturated carbocycles. The number of carboxylic acid groups (broad SMARTS) is 2. The minimum absolute atomic E-state index is 0.0389. The maximum absolute atomic E-state index is 13.6. The van der Waals surface area contributed by atoms with E-state index in [0.717, 1.165) is 11.3 Å². The summed E-state index contributed by atoms with van der Waals surface area (Å²) >= 11 is 1.13. The molecule has 1 aromatic heterocycles. The fourth-order valence-corrected chi connectivity index (χ4v) is 2.71. The predicted molar refractivity (Wildman–Crippen MR) is 82.5 cm³/mol. The van der Waals surface area contributed by atoms with Crippen molar-refractivity contribution in [3.8, 4) is 0 Å². The summed E-state index contributed by atoms with van der Waals surface area (Å²) in [6.45, 7) is 0. The van der Waals surface area contributed by atoms with Gasteiger partial charge in [0.2, 0.25) is 0 Å². The Morgan fingerprint density at radius 3 is 2.58 bits per heavy atom. The Morgan fingerprint density at radius 1 is 1.25 bits per heavy atom. The Hall–Kier alpha value is -2.81. The Labute approximate surface area is 139 Å². The largest absolute Gasteiger partial charge is 0.481 e. The number of hydrogen-bond donors (Lipinski definition) is 3. The molecule has 2 rings (SSSR count). The van der Waals surface area contributed by atoms with E-state index >= 15 is 0 Å². The summed E-state index contributed by atoms with van der Waals surface area (Å²) < 4.78 is 13.6. The molecule has 1 atom stereocenters. The second kappa shape index (κ2) is 7.64. The number of carboxylic acids is 2. The molecule has 9 heteroatoms. The average Bonchev–Trinajstić information content (AvgIpc) is 2.97. The van der Waals surface area contributed by atoms with E-state index in [2.05, 4.69) is 10.3 Å². The lowest BCUT2D eigenvalue weighted by atomic mass is 10.1. The summed E-state index contributed by atoms with van der Waals surface area (Å²) in [5, 5.41) is 21.6. The summed E-state index contributed by atoms with van der Waals surface area (Å²) in [5.74, 6) is -3.97. The number of carbonyl (C=O) groups is 3. The third-order valence-electron chi connectivity index (χ3n) is 3.07. The third-order valence-corrected chi connectivity index (χ3v) is 3.91. The highest BCUT2D eigenvalue weighted by Crippen LogP contribution is 2.17. The summed E-state index contributed by atoms with van der Waals surface area (Å²) in [6, 6.07) is 4.62. The minimum Gasteiger partial charge on any atom is -0.481 e. The zero-order valence-corrected chi connectivity index (χ0v) is 13.0. The molecule has 0 bridgehead atoms. The van der Waals surface area contributed by atoms with Crippen molar-refractivity contribution in [2.45, 2.75) is 18.9 Å². The van der Waals surface area contributed by atoms with Crippen LogP contribution in [0, 0.1) is 5.82 Å². The molecule has 0 aliphatic rings. The molecule has 3 N–H and O–H groups in total. The van der Waals surface area contributed by atoms with Crippen LogP contribution in [0.4, 0.5) is 4.39 Å². The number of thiazole rings is 1. The molecule has 126 valence electrons. The normalized spacial score (nSPS) is 11.7. The van der Waals surface area contributed by atoms with Gasteiger partial charge in [-0.2, -0.15) is 0 Å². The van der Waals surface area contributed by atoms with Gasteiger partial charge in [0.05, 0.1) is 11.4 Å². The highest BCUT2D eigenvalue weighted by molar-refractivity contribution is 7.09. The standard InChI is InChI=1S/C15H13FN2O5S/c16-9-4-2-1-3-8(9)5-12-17-11(7-24-12)14(21)18-10(15(22)23)6-13(19)20/h1-4,7,10H,5-6H2,(H,18,21)(H,19,20)(H,22,23)/t10-/m0/s1. The van der Waals surface area contributed by atoms with Crippen molar-refractivity contribution in [2.75, 3.05) is 0 Å². The molecule has 1 heterocycles. The van der Waals surface area contributed by atoms with Gasteiger partial charge in [-0.1, -0.05) is 18.2 Å². The number of carbonyl (C=O) groups excluding carboxylic acids is 1. The first-order valence-electron chi connectivity index (χ1n) is 6.80. The molecule has 1 amide bonds. The number of halogens is 1. The van der Waals surface area contributed by atoms with Crippen LogP contribution < -0.4 is 5.32 Å². The highest BCUT2D eigenvalue weighted by atomic mass is 32.1. The van der Waals surface area contributed by atoms with Gasteiger partial charge in [-0.25, -0.2) is 14.2 Å². The van der Waals surface area contributed by atoms with E-state index in [1.165, 1.54) is 11.4 Å². The number of hydrogen-bond acceptors (Lipinski definition) is 5. The fourth-order valence-electron chi connectivity index (χ4n) is 1.91. The maximum atomic E-state index is 13.6. The van der Waals surface area contributed by atoms with Gasteiger partial charge in [0.1, 0.15) is 17.6 Å². The van der Waals surface area contributed by atoms with Crippen LogP contribution in [0.2, 0.25) is 0 Å². The molecule has 0 aliphatic heterocycles. The van der Waals surface area contributed by atoms with Gasteiger partial charge in [0, 0.05) is 11.8 Å². The van der Waals surface area contributed by atoms with E-state index in [4.69, 9.17) is 10.2 Å². The molecular weight excluding hydrogens is 339 g/mol. The van der Waals surface area contributed by atoms with Crippen molar-refractivity contribution in [2.24, 2.45) is 0 Å². The van der Waals surface area contributed by atoms with E-state index in [1.54, 1.807) is 18.2 Å². The maximum Gasteiger partial charge on any atom is 0.326 e. The molecule has 2 aromatic rings.